The van der Waals surface area contributed by atoms with E-state index >= 15 is 0 Å². The lowest BCUT2D eigenvalue weighted by Gasteiger charge is -2.33. The molecule has 126 valence electrons. The Morgan fingerprint density at radius 3 is 2.70 bits per heavy atom. The number of rotatable bonds is 3. The molecular formula is C17H23NO4S. The summed E-state index contributed by atoms with van der Waals surface area (Å²) >= 11 is 0. The lowest BCUT2D eigenvalue weighted by Crippen LogP contribution is -2.48. The number of ether oxygens (including phenoxy) is 1. The van der Waals surface area contributed by atoms with Crippen molar-refractivity contribution >= 4 is 15.7 Å². The summed E-state index contributed by atoms with van der Waals surface area (Å²) in [5.74, 6) is -0.448. The lowest BCUT2D eigenvalue weighted by atomic mass is 9.90. The van der Waals surface area contributed by atoms with Crippen LogP contribution in [0.1, 0.15) is 43.6 Å². The molecule has 1 aliphatic heterocycles. The van der Waals surface area contributed by atoms with Crippen molar-refractivity contribution in [2.75, 3.05) is 12.9 Å². The highest BCUT2D eigenvalue weighted by Gasteiger charge is 2.36. The highest BCUT2D eigenvalue weighted by atomic mass is 32.2. The number of methoxy groups -OCH3 is 1. The number of sulfone groups is 1. The van der Waals surface area contributed by atoms with Crippen LogP contribution in [0.4, 0.5) is 0 Å². The van der Waals surface area contributed by atoms with Gasteiger partial charge in [0.05, 0.1) is 28.7 Å². The molecule has 1 heterocycles. The van der Waals surface area contributed by atoms with E-state index in [4.69, 9.17) is 4.74 Å². The predicted octanol–water partition coefficient (Wildman–Crippen LogP) is 2.02. The fourth-order valence-electron chi connectivity index (χ4n) is 3.69. The Bertz CT molecular complexity index is 686. The van der Waals surface area contributed by atoms with Crippen LogP contribution < -0.4 is 5.32 Å². The van der Waals surface area contributed by atoms with Gasteiger partial charge in [-0.15, -0.1) is 0 Å². The zero-order chi connectivity index (χ0) is 16.4. The Hall–Kier alpha value is -1.40. The molecule has 5 nitrogen and oxygen atoms in total. The minimum atomic E-state index is -3.26. The Morgan fingerprint density at radius 1 is 1.17 bits per heavy atom. The van der Waals surface area contributed by atoms with Crippen molar-refractivity contribution in [2.24, 2.45) is 0 Å². The van der Waals surface area contributed by atoms with Gasteiger partial charge in [-0.25, -0.2) is 8.42 Å². The van der Waals surface area contributed by atoms with Gasteiger partial charge in [-0.3, -0.25) is 4.79 Å². The first kappa shape index (κ1) is 16.5. The van der Waals surface area contributed by atoms with Crippen molar-refractivity contribution in [3.63, 3.8) is 0 Å². The SMILES string of the molecule is CO[C@@H]1CCCC[C@@H]1NC(=O)[C@@H]1CCS(=O)(=O)c2ccccc21. The van der Waals surface area contributed by atoms with Crippen molar-refractivity contribution in [3.8, 4) is 0 Å². The number of carbonyl (C=O) groups is 1. The van der Waals surface area contributed by atoms with Crippen molar-refractivity contribution < 1.29 is 17.9 Å². The molecule has 1 N–H and O–H groups in total. The highest BCUT2D eigenvalue weighted by Crippen LogP contribution is 2.34. The van der Waals surface area contributed by atoms with Crippen molar-refractivity contribution in [1.82, 2.24) is 5.32 Å². The molecule has 0 saturated heterocycles. The van der Waals surface area contributed by atoms with Gasteiger partial charge >= 0.3 is 0 Å². The molecule has 1 aromatic rings. The Balaban J connectivity index is 1.80. The van der Waals surface area contributed by atoms with Crippen LogP contribution in [-0.2, 0) is 19.4 Å². The number of nitrogens with one attached hydrogen (secondary N) is 1. The summed E-state index contributed by atoms with van der Waals surface area (Å²) in [6.45, 7) is 0. The first-order valence-corrected chi connectivity index (χ1v) is 9.83. The number of hydrogen-bond donors (Lipinski definition) is 1. The summed E-state index contributed by atoms with van der Waals surface area (Å²) in [5, 5.41) is 3.10. The van der Waals surface area contributed by atoms with Crippen LogP contribution in [0, 0.1) is 0 Å². The summed E-state index contributed by atoms with van der Waals surface area (Å²) in [4.78, 5) is 13.0. The monoisotopic (exact) mass is 337 g/mol. The molecule has 1 aromatic carbocycles. The molecule has 2 aliphatic rings. The largest absolute Gasteiger partial charge is 0.379 e. The van der Waals surface area contributed by atoms with E-state index in [9.17, 15) is 13.2 Å². The van der Waals surface area contributed by atoms with Crippen LogP contribution in [0.25, 0.3) is 0 Å². The zero-order valence-electron chi connectivity index (χ0n) is 13.3. The second kappa shape index (κ2) is 6.61. The van der Waals surface area contributed by atoms with Crippen LogP contribution in [0.15, 0.2) is 29.2 Å². The van der Waals surface area contributed by atoms with Crippen LogP contribution in [0.2, 0.25) is 0 Å². The van der Waals surface area contributed by atoms with Gasteiger partial charge in [0.1, 0.15) is 0 Å². The first-order chi connectivity index (χ1) is 11.0. The molecule has 6 heteroatoms. The second-order valence-corrected chi connectivity index (χ2v) is 8.45. The number of hydrogen-bond acceptors (Lipinski definition) is 4. The van der Waals surface area contributed by atoms with Gasteiger partial charge in [0.15, 0.2) is 9.84 Å². The minimum absolute atomic E-state index is 0.0203. The van der Waals surface area contributed by atoms with Crippen LogP contribution in [0.5, 0.6) is 0 Å². The Morgan fingerprint density at radius 2 is 1.91 bits per heavy atom. The zero-order valence-corrected chi connectivity index (χ0v) is 14.1. The summed E-state index contributed by atoms with van der Waals surface area (Å²) in [5.41, 5.74) is 0.626. The van der Waals surface area contributed by atoms with E-state index < -0.39 is 15.8 Å². The van der Waals surface area contributed by atoms with E-state index in [1.807, 2.05) is 0 Å². The molecule has 23 heavy (non-hydrogen) atoms. The smallest absolute Gasteiger partial charge is 0.227 e. The average Bonchev–Trinajstić information content (AvgIpc) is 2.55. The normalized spacial score (nSPS) is 29.5. The summed E-state index contributed by atoms with van der Waals surface area (Å²) in [6, 6.07) is 6.87. The third kappa shape index (κ3) is 3.28. The third-order valence-electron chi connectivity index (χ3n) is 4.95. The molecule has 0 radical (unpaired) electrons. The van der Waals surface area contributed by atoms with Gasteiger partial charge in [-0.1, -0.05) is 31.0 Å². The predicted molar refractivity (Wildman–Crippen MR) is 87.0 cm³/mol. The van der Waals surface area contributed by atoms with E-state index in [1.54, 1.807) is 31.4 Å². The topological polar surface area (TPSA) is 72.5 Å². The van der Waals surface area contributed by atoms with Gasteiger partial charge in [-0.05, 0) is 30.9 Å². The fraction of sp³-hybridized carbons (Fsp3) is 0.588. The molecule has 0 bridgehead atoms. The molecule has 0 unspecified atom stereocenters. The number of amides is 1. The maximum absolute atomic E-state index is 12.7. The van der Waals surface area contributed by atoms with E-state index in [0.717, 1.165) is 25.7 Å². The Labute approximate surface area is 137 Å². The molecule has 1 fully saturated rings. The van der Waals surface area contributed by atoms with E-state index in [2.05, 4.69) is 5.32 Å². The van der Waals surface area contributed by atoms with Crippen LogP contribution >= 0.6 is 0 Å². The maximum atomic E-state index is 12.7. The Kier molecular flexibility index (Phi) is 4.73. The van der Waals surface area contributed by atoms with Gasteiger partial charge in [0, 0.05) is 7.11 Å². The van der Waals surface area contributed by atoms with Gasteiger partial charge in [0.25, 0.3) is 0 Å². The molecule has 3 rings (SSSR count). The second-order valence-electron chi connectivity index (χ2n) is 6.37. The number of benzene rings is 1. The highest BCUT2D eigenvalue weighted by molar-refractivity contribution is 7.91. The summed E-state index contributed by atoms with van der Waals surface area (Å²) < 4.78 is 29.8. The number of fused-ring (bicyclic) bond motifs is 1. The molecular weight excluding hydrogens is 314 g/mol. The lowest BCUT2D eigenvalue weighted by molar-refractivity contribution is -0.124. The first-order valence-electron chi connectivity index (χ1n) is 8.18. The quantitative estimate of drug-likeness (QED) is 0.916. The number of carbonyl (C=O) groups excluding carboxylic acids is 1. The summed E-state index contributed by atoms with van der Waals surface area (Å²) in [7, 11) is -1.58. The van der Waals surface area contributed by atoms with Gasteiger partial charge < -0.3 is 10.1 Å². The third-order valence-corrected chi connectivity index (χ3v) is 6.77. The molecule has 1 aliphatic carbocycles. The van der Waals surface area contributed by atoms with Crippen LogP contribution in [-0.4, -0.2) is 39.3 Å². The fourth-order valence-corrected chi connectivity index (χ4v) is 5.31. The average molecular weight is 337 g/mol. The molecule has 3 atom stereocenters. The van der Waals surface area contributed by atoms with Crippen molar-refractivity contribution in [1.29, 1.82) is 0 Å². The molecule has 1 amide bonds. The van der Waals surface area contributed by atoms with Gasteiger partial charge in [-0.2, -0.15) is 0 Å². The molecule has 0 aromatic heterocycles. The summed E-state index contributed by atoms with van der Waals surface area (Å²) in [6.07, 6.45) is 4.47. The maximum Gasteiger partial charge on any atom is 0.227 e. The van der Waals surface area contributed by atoms with E-state index in [-0.39, 0.29) is 23.8 Å². The van der Waals surface area contributed by atoms with Crippen molar-refractivity contribution in [2.45, 2.75) is 55.1 Å². The van der Waals surface area contributed by atoms with Crippen LogP contribution in [0.3, 0.4) is 0 Å². The van der Waals surface area contributed by atoms with E-state index in [0.29, 0.717) is 16.9 Å². The molecule has 1 saturated carbocycles. The molecule has 0 spiro atoms. The van der Waals surface area contributed by atoms with Gasteiger partial charge in [0.2, 0.25) is 5.91 Å². The van der Waals surface area contributed by atoms with Crippen molar-refractivity contribution in [3.05, 3.63) is 29.8 Å². The minimum Gasteiger partial charge on any atom is -0.379 e. The van der Waals surface area contributed by atoms with E-state index in [1.165, 1.54) is 0 Å². The standard InChI is InChI=1S/C17H23NO4S/c1-22-15-8-4-3-7-14(15)18-17(19)13-10-11-23(20,21)16-9-5-2-6-12(13)16/h2,5-6,9,13-15H,3-4,7-8,10-11H2,1H3,(H,18,19)/t13-,14+,15-/m1/s1.